The van der Waals surface area contributed by atoms with Crippen LogP contribution in [0.4, 0.5) is 4.79 Å². The average molecular weight is 725 g/mol. The highest BCUT2D eigenvalue weighted by molar-refractivity contribution is 5.92. The number of carbonyl (C=O) groups is 5. The van der Waals surface area contributed by atoms with E-state index >= 15 is 0 Å². The Hall–Kier alpha value is -4.49. The van der Waals surface area contributed by atoms with E-state index in [4.69, 9.17) is 10.5 Å². The second-order valence-corrected chi connectivity index (χ2v) is 14.1. The number of nitrogens with two attached hydrogens (primary N) is 1. The van der Waals surface area contributed by atoms with Gasteiger partial charge in [-0.15, -0.1) is 0 Å². The van der Waals surface area contributed by atoms with Gasteiger partial charge in [-0.2, -0.15) is 0 Å². The molecule has 288 valence electrons. The summed E-state index contributed by atoms with van der Waals surface area (Å²) in [6, 6.07) is 15.6. The van der Waals surface area contributed by atoms with E-state index in [1.165, 1.54) is 0 Å². The van der Waals surface area contributed by atoms with Crippen LogP contribution in [-0.4, -0.2) is 78.2 Å². The molecule has 13 nitrogen and oxygen atoms in total. The van der Waals surface area contributed by atoms with Crippen molar-refractivity contribution in [2.45, 2.75) is 110 Å². The Kier molecular flexibility index (Phi) is 19.4. The minimum Gasteiger partial charge on any atom is -0.445 e. The molecule has 0 bridgehead atoms. The molecule has 0 saturated heterocycles. The molecular formula is C39H60N6O7. The Morgan fingerprint density at radius 3 is 1.85 bits per heavy atom. The Morgan fingerprint density at radius 2 is 1.29 bits per heavy atom. The molecule has 0 heterocycles. The predicted molar refractivity (Wildman–Crippen MR) is 201 cm³/mol. The van der Waals surface area contributed by atoms with Gasteiger partial charge in [-0.25, -0.2) is 4.79 Å². The van der Waals surface area contributed by atoms with Crippen LogP contribution in [0.5, 0.6) is 0 Å². The van der Waals surface area contributed by atoms with Crippen molar-refractivity contribution in [3.05, 3.63) is 71.8 Å². The van der Waals surface area contributed by atoms with E-state index in [9.17, 15) is 29.1 Å². The van der Waals surface area contributed by atoms with Gasteiger partial charge in [0.2, 0.25) is 23.6 Å². The molecule has 8 N–H and O–H groups in total. The average Bonchev–Trinajstić information content (AvgIpc) is 3.12. The molecule has 52 heavy (non-hydrogen) atoms. The fraction of sp³-hybridized carbons (Fsp3) is 0.564. The minimum absolute atomic E-state index is 0.0826. The van der Waals surface area contributed by atoms with E-state index < -0.39 is 36.0 Å². The van der Waals surface area contributed by atoms with Crippen LogP contribution in [0.25, 0.3) is 0 Å². The summed E-state index contributed by atoms with van der Waals surface area (Å²) in [6.07, 6.45) is 1.58. The van der Waals surface area contributed by atoms with Crippen molar-refractivity contribution >= 4 is 29.7 Å². The molecule has 0 aliphatic carbocycles. The number of aliphatic hydroxyl groups excluding tert-OH is 1. The van der Waals surface area contributed by atoms with Gasteiger partial charge < -0.3 is 42.2 Å². The van der Waals surface area contributed by atoms with Gasteiger partial charge in [-0.05, 0) is 49.1 Å². The molecule has 5 amide bonds. The van der Waals surface area contributed by atoms with Crippen molar-refractivity contribution in [2.24, 2.45) is 23.5 Å². The summed E-state index contributed by atoms with van der Waals surface area (Å²) in [5, 5.41) is 23.9. The first kappa shape index (κ1) is 43.7. The standard InChI is InChI=1S/C39H60N6O7/c1-25(2)32(22-40)43-37(49)34(26(3)4)45-38(50)35(27(5)23-46)44-33(47)20-14-13-19-31(21-29-15-9-7-10-16-29)42-36(48)28(6)41-39(51)52-24-30-17-11-8-12-18-30/h7-12,15-18,25-28,31-32,34-35,46H,13-14,19-24,40H2,1-6H3,(H,41,51)(H,42,48)(H,43,49)(H,44,47)(H,45,50)/t27?,28-,31-,32+,34?,35?/m0/s1. The van der Waals surface area contributed by atoms with E-state index in [0.29, 0.717) is 25.7 Å². The number of nitrogens with one attached hydrogen (secondary N) is 5. The van der Waals surface area contributed by atoms with Crippen molar-refractivity contribution in [1.29, 1.82) is 0 Å². The summed E-state index contributed by atoms with van der Waals surface area (Å²) >= 11 is 0. The molecule has 0 radical (unpaired) electrons. The van der Waals surface area contributed by atoms with Crippen molar-refractivity contribution in [1.82, 2.24) is 26.6 Å². The van der Waals surface area contributed by atoms with Gasteiger partial charge >= 0.3 is 6.09 Å². The van der Waals surface area contributed by atoms with Crippen LogP contribution in [0.2, 0.25) is 0 Å². The van der Waals surface area contributed by atoms with Gasteiger partial charge in [0.15, 0.2) is 0 Å². The normalized spacial score (nSPS) is 14.7. The lowest BCUT2D eigenvalue weighted by Gasteiger charge is -2.29. The first-order chi connectivity index (χ1) is 24.7. The van der Waals surface area contributed by atoms with Crippen LogP contribution < -0.4 is 32.3 Å². The van der Waals surface area contributed by atoms with Crippen LogP contribution in [0.3, 0.4) is 0 Å². The van der Waals surface area contributed by atoms with E-state index in [1.54, 1.807) is 13.8 Å². The zero-order chi connectivity index (χ0) is 38.6. The summed E-state index contributed by atoms with van der Waals surface area (Å²) in [5.74, 6) is -2.40. The Bertz CT molecular complexity index is 1390. The lowest BCUT2D eigenvalue weighted by molar-refractivity contribution is -0.134. The van der Waals surface area contributed by atoms with E-state index in [-0.39, 0.29) is 67.8 Å². The van der Waals surface area contributed by atoms with Crippen molar-refractivity contribution < 1.29 is 33.8 Å². The van der Waals surface area contributed by atoms with Crippen molar-refractivity contribution in [3.8, 4) is 0 Å². The molecule has 0 aliphatic heterocycles. The lowest BCUT2D eigenvalue weighted by atomic mass is 9.97. The maximum absolute atomic E-state index is 13.4. The smallest absolute Gasteiger partial charge is 0.408 e. The summed E-state index contributed by atoms with van der Waals surface area (Å²) in [7, 11) is 0. The fourth-order valence-electron chi connectivity index (χ4n) is 5.50. The summed E-state index contributed by atoms with van der Waals surface area (Å²) in [5.41, 5.74) is 7.67. The Balaban J connectivity index is 1.96. The SMILES string of the molecule is CC(C)C(NC(=O)C(NC(=O)CCCC[C@@H](Cc1ccccc1)NC(=O)[C@H](C)NC(=O)OCc1ccccc1)C(C)CO)C(=O)N[C@H](CN)C(C)C. The highest BCUT2D eigenvalue weighted by Gasteiger charge is 2.32. The van der Waals surface area contributed by atoms with Crippen LogP contribution in [0.1, 0.15) is 78.4 Å². The molecule has 0 aliphatic rings. The topological polar surface area (TPSA) is 201 Å². The summed E-state index contributed by atoms with van der Waals surface area (Å²) in [6.45, 7) is 10.7. The highest BCUT2D eigenvalue weighted by atomic mass is 16.5. The number of unbranched alkanes of at least 4 members (excludes halogenated alkanes) is 1. The minimum atomic E-state index is -1.06. The van der Waals surface area contributed by atoms with Crippen LogP contribution in [0.15, 0.2) is 60.7 Å². The quantitative estimate of drug-likeness (QED) is 0.0899. The number of alkyl carbamates (subject to hydrolysis) is 1. The van der Waals surface area contributed by atoms with Crippen LogP contribution >= 0.6 is 0 Å². The van der Waals surface area contributed by atoms with Gasteiger partial charge in [0.25, 0.3) is 0 Å². The molecule has 0 saturated carbocycles. The zero-order valence-electron chi connectivity index (χ0n) is 31.5. The van der Waals surface area contributed by atoms with Gasteiger partial charge in [0, 0.05) is 37.6 Å². The largest absolute Gasteiger partial charge is 0.445 e. The van der Waals surface area contributed by atoms with Crippen molar-refractivity contribution in [2.75, 3.05) is 13.2 Å². The van der Waals surface area contributed by atoms with Gasteiger partial charge in [-0.3, -0.25) is 19.2 Å². The zero-order valence-corrected chi connectivity index (χ0v) is 31.5. The molecule has 2 aromatic carbocycles. The first-order valence-corrected chi connectivity index (χ1v) is 18.3. The predicted octanol–water partition coefficient (Wildman–Crippen LogP) is 2.94. The first-order valence-electron chi connectivity index (χ1n) is 18.3. The van der Waals surface area contributed by atoms with E-state index in [0.717, 1.165) is 11.1 Å². The molecule has 0 aromatic heterocycles. The molecule has 6 atom stereocenters. The number of amides is 5. The maximum Gasteiger partial charge on any atom is 0.408 e. The lowest BCUT2D eigenvalue weighted by Crippen LogP contribution is -2.59. The number of benzene rings is 2. The molecule has 2 aromatic rings. The monoisotopic (exact) mass is 724 g/mol. The van der Waals surface area contributed by atoms with Crippen LogP contribution in [-0.2, 0) is 36.9 Å². The van der Waals surface area contributed by atoms with Crippen LogP contribution in [0, 0.1) is 17.8 Å². The highest BCUT2D eigenvalue weighted by Crippen LogP contribution is 2.13. The number of hydrogen-bond donors (Lipinski definition) is 7. The molecule has 0 fully saturated rings. The number of rotatable bonds is 22. The maximum atomic E-state index is 13.4. The number of carbonyl (C=O) groups excluding carboxylic acids is 5. The number of hydrogen-bond acceptors (Lipinski definition) is 8. The van der Waals surface area contributed by atoms with Gasteiger partial charge in [-0.1, -0.05) is 102 Å². The molecule has 13 heteroatoms. The molecule has 3 unspecified atom stereocenters. The molecule has 2 rings (SSSR count). The number of aliphatic hydroxyl groups is 1. The third kappa shape index (κ3) is 15.8. The number of ether oxygens (including phenoxy) is 1. The van der Waals surface area contributed by atoms with E-state index in [1.807, 2.05) is 88.4 Å². The van der Waals surface area contributed by atoms with E-state index in [2.05, 4.69) is 26.6 Å². The summed E-state index contributed by atoms with van der Waals surface area (Å²) in [4.78, 5) is 65.0. The third-order valence-corrected chi connectivity index (χ3v) is 8.91. The van der Waals surface area contributed by atoms with Gasteiger partial charge in [0.05, 0.1) is 0 Å². The molecular weight excluding hydrogens is 664 g/mol. The third-order valence-electron chi connectivity index (χ3n) is 8.91. The molecule has 0 spiro atoms. The Labute approximate surface area is 308 Å². The second kappa shape index (κ2) is 23.1. The Morgan fingerprint density at radius 1 is 0.692 bits per heavy atom. The van der Waals surface area contributed by atoms with Gasteiger partial charge in [0.1, 0.15) is 24.7 Å². The second-order valence-electron chi connectivity index (χ2n) is 14.1. The fourth-order valence-corrected chi connectivity index (χ4v) is 5.50. The summed E-state index contributed by atoms with van der Waals surface area (Å²) < 4.78 is 5.25. The van der Waals surface area contributed by atoms with Crippen molar-refractivity contribution in [3.63, 3.8) is 0 Å².